The number of alkyl halides is 2. The van der Waals surface area contributed by atoms with Crippen LogP contribution in [0.4, 0.5) is 30.5 Å². The third kappa shape index (κ3) is 3.92. The first-order valence-corrected chi connectivity index (χ1v) is 10.3. The Morgan fingerprint density at radius 2 is 2.06 bits per heavy atom. The molecular formula is C22H18F3N7O2. The van der Waals surface area contributed by atoms with Crippen LogP contribution in [-0.4, -0.2) is 50.8 Å². The van der Waals surface area contributed by atoms with Gasteiger partial charge >= 0.3 is 5.92 Å². The summed E-state index contributed by atoms with van der Waals surface area (Å²) in [4.78, 5) is 25.7. The number of carbonyl (C=O) groups is 1. The predicted molar refractivity (Wildman–Crippen MR) is 117 cm³/mol. The highest BCUT2D eigenvalue weighted by molar-refractivity contribution is 6.05. The van der Waals surface area contributed by atoms with Gasteiger partial charge in [-0.15, -0.1) is 0 Å². The van der Waals surface area contributed by atoms with E-state index in [1.807, 2.05) is 0 Å². The fraction of sp³-hybridized carbons (Fsp3) is 0.227. The van der Waals surface area contributed by atoms with E-state index < -0.39 is 23.3 Å². The maximum atomic E-state index is 15.5. The van der Waals surface area contributed by atoms with Crippen molar-refractivity contribution in [1.29, 1.82) is 0 Å². The number of halogens is 3. The molecule has 1 aliphatic heterocycles. The number of aromatic amines is 1. The fourth-order valence-corrected chi connectivity index (χ4v) is 3.64. The van der Waals surface area contributed by atoms with Crippen molar-refractivity contribution in [3.8, 4) is 0 Å². The van der Waals surface area contributed by atoms with Gasteiger partial charge in [0.25, 0.3) is 5.91 Å². The van der Waals surface area contributed by atoms with E-state index in [1.165, 1.54) is 4.90 Å². The number of amides is 1. The Balaban J connectivity index is 1.71. The van der Waals surface area contributed by atoms with E-state index in [2.05, 4.69) is 30.5 Å². The molecule has 0 radical (unpaired) electrons. The van der Waals surface area contributed by atoms with Gasteiger partial charge in [0.15, 0.2) is 5.82 Å². The van der Waals surface area contributed by atoms with Crippen molar-refractivity contribution in [1.82, 2.24) is 25.1 Å². The Morgan fingerprint density at radius 3 is 2.76 bits per heavy atom. The molecule has 2 N–H and O–H groups in total. The first-order valence-electron chi connectivity index (χ1n) is 10.3. The van der Waals surface area contributed by atoms with E-state index in [0.29, 0.717) is 29.7 Å². The number of fused-ring (bicyclic) bond motifs is 1. The molecule has 4 heterocycles. The Labute approximate surface area is 191 Å². The maximum absolute atomic E-state index is 15.5. The molecule has 0 spiro atoms. The van der Waals surface area contributed by atoms with Crippen molar-refractivity contribution in [2.75, 3.05) is 30.0 Å². The van der Waals surface area contributed by atoms with Gasteiger partial charge < -0.3 is 15.0 Å². The lowest BCUT2D eigenvalue weighted by Crippen LogP contribution is -2.41. The lowest BCUT2D eigenvalue weighted by Gasteiger charge is -2.28. The second-order valence-electron chi connectivity index (χ2n) is 7.66. The van der Waals surface area contributed by atoms with Gasteiger partial charge in [0.05, 0.1) is 18.5 Å². The van der Waals surface area contributed by atoms with E-state index in [4.69, 9.17) is 4.74 Å². The van der Waals surface area contributed by atoms with Gasteiger partial charge in [-0.3, -0.25) is 14.9 Å². The van der Waals surface area contributed by atoms with Crippen LogP contribution in [0.3, 0.4) is 0 Å². The van der Waals surface area contributed by atoms with Crippen LogP contribution in [0.15, 0.2) is 42.6 Å². The normalized spacial score (nSPS) is 14.6. The van der Waals surface area contributed by atoms with Crippen LogP contribution in [-0.2, 0) is 15.5 Å². The summed E-state index contributed by atoms with van der Waals surface area (Å²) >= 11 is 0. The van der Waals surface area contributed by atoms with Crippen molar-refractivity contribution in [3.63, 3.8) is 0 Å². The van der Waals surface area contributed by atoms with Crippen molar-refractivity contribution in [3.05, 3.63) is 65.6 Å². The molecule has 1 aliphatic rings. The zero-order valence-electron chi connectivity index (χ0n) is 17.8. The van der Waals surface area contributed by atoms with Gasteiger partial charge in [-0.1, -0.05) is 6.07 Å². The summed E-state index contributed by atoms with van der Waals surface area (Å²) in [5, 5.41) is 10.2. The van der Waals surface area contributed by atoms with E-state index >= 15 is 8.78 Å². The molecule has 174 valence electrons. The number of rotatable bonds is 5. The SMILES string of the molecule is Cc1cc(Nc2nc(C(F)(F)c3ccc(F)cn3)nc3c(N4CCOCC4=O)cccc23)n[nH]1. The highest BCUT2D eigenvalue weighted by atomic mass is 19.3. The molecule has 1 amide bonds. The molecule has 9 nitrogen and oxygen atoms in total. The number of morpholine rings is 1. The molecule has 34 heavy (non-hydrogen) atoms. The summed E-state index contributed by atoms with van der Waals surface area (Å²) in [5.74, 6) is -5.24. The molecule has 5 rings (SSSR count). The molecule has 4 aromatic rings. The average Bonchev–Trinajstić information content (AvgIpc) is 3.24. The van der Waals surface area contributed by atoms with Crippen molar-refractivity contribution in [2.45, 2.75) is 12.8 Å². The largest absolute Gasteiger partial charge is 0.370 e. The van der Waals surface area contributed by atoms with Gasteiger partial charge in [0.2, 0.25) is 5.82 Å². The fourth-order valence-electron chi connectivity index (χ4n) is 3.64. The lowest BCUT2D eigenvalue weighted by molar-refractivity contribution is -0.125. The lowest BCUT2D eigenvalue weighted by atomic mass is 10.1. The summed E-state index contributed by atoms with van der Waals surface area (Å²) in [6.07, 6.45) is 0.702. The smallest absolute Gasteiger partial charge is 0.348 e. The van der Waals surface area contributed by atoms with E-state index in [-0.39, 0.29) is 30.4 Å². The molecule has 0 atom stereocenters. The quantitative estimate of drug-likeness (QED) is 0.461. The van der Waals surface area contributed by atoms with Crippen LogP contribution in [0.25, 0.3) is 10.9 Å². The molecule has 1 aromatic carbocycles. The Hall–Kier alpha value is -4.06. The van der Waals surface area contributed by atoms with Gasteiger partial charge in [-0.05, 0) is 31.2 Å². The highest BCUT2D eigenvalue weighted by Gasteiger charge is 2.40. The van der Waals surface area contributed by atoms with E-state index in [0.717, 1.165) is 17.8 Å². The third-order valence-electron chi connectivity index (χ3n) is 5.26. The molecule has 12 heteroatoms. The summed E-state index contributed by atoms with van der Waals surface area (Å²) < 4.78 is 49.4. The first kappa shape index (κ1) is 21.8. The number of anilines is 3. The number of aryl methyl sites for hydroxylation is 1. The molecule has 3 aromatic heterocycles. The maximum Gasteiger partial charge on any atom is 0.348 e. The van der Waals surface area contributed by atoms with E-state index in [9.17, 15) is 9.18 Å². The number of nitrogens with zero attached hydrogens (tertiary/aromatic N) is 5. The number of carbonyl (C=O) groups excluding carboxylic acids is 1. The minimum atomic E-state index is -3.75. The van der Waals surface area contributed by atoms with Crippen LogP contribution in [0.5, 0.6) is 0 Å². The molecular weight excluding hydrogens is 451 g/mol. The standard InChI is InChI=1S/C22H18F3N7O2/c1-12-9-17(31-30-12)27-20-14-3-2-4-15(32-7-8-34-11-18(32)33)19(14)28-21(29-20)22(24,25)16-6-5-13(23)10-26-16/h2-6,9-10H,7-8,11H2,1H3,(H2,27,28,29,30,31). The Kier molecular flexibility index (Phi) is 5.36. The number of ether oxygens (including phenoxy) is 1. The Bertz CT molecular complexity index is 1370. The predicted octanol–water partition coefficient (Wildman–Crippen LogP) is 3.44. The summed E-state index contributed by atoms with van der Waals surface area (Å²) in [6.45, 7) is 2.21. The van der Waals surface area contributed by atoms with Gasteiger partial charge in [0, 0.05) is 23.7 Å². The topological polar surface area (TPSA) is 109 Å². The first-order chi connectivity index (χ1) is 16.3. The van der Waals surface area contributed by atoms with Crippen LogP contribution < -0.4 is 10.2 Å². The minimum Gasteiger partial charge on any atom is -0.370 e. The van der Waals surface area contributed by atoms with E-state index in [1.54, 1.807) is 31.2 Å². The molecule has 0 unspecified atom stereocenters. The zero-order chi connectivity index (χ0) is 23.9. The molecule has 0 saturated carbocycles. The number of benzene rings is 1. The second-order valence-corrected chi connectivity index (χ2v) is 7.66. The number of para-hydroxylation sites is 1. The number of nitrogens with one attached hydrogen (secondary N) is 2. The number of hydrogen-bond donors (Lipinski definition) is 2. The number of hydrogen-bond acceptors (Lipinski definition) is 7. The van der Waals surface area contributed by atoms with Crippen LogP contribution in [0.2, 0.25) is 0 Å². The van der Waals surface area contributed by atoms with Crippen LogP contribution >= 0.6 is 0 Å². The summed E-state index contributed by atoms with van der Waals surface area (Å²) in [7, 11) is 0. The molecule has 1 fully saturated rings. The van der Waals surface area contributed by atoms with Crippen LogP contribution in [0.1, 0.15) is 17.2 Å². The summed E-state index contributed by atoms with van der Waals surface area (Å²) in [6, 6.07) is 8.42. The van der Waals surface area contributed by atoms with Crippen molar-refractivity contribution in [2.24, 2.45) is 0 Å². The third-order valence-corrected chi connectivity index (χ3v) is 5.26. The number of aromatic nitrogens is 5. The zero-order valence-corrected chi connectivity index (χ0v) is 17.8. The van der Waals surface area contributed by atoms with Gasteiger partial charge in [-0.25, -0.2) is 14.4 Å². The second kappa shape index (κ2) is 8.37. The van der Waals surface area contributed by atoms with Crippen molar-refractivity contribution >= 4 is 34.1 Å². The van der Waals surface area contributed by atoms with Gasteiger partial charge in [-0.2, -0.15) is 13.9 Å². The molecule has 0 aliphatic carbocycles. The number of H-pyrrole nitrogens is 1. The van der Waals surface area contributed by atoms with Crippen LogP contribution in [0, 0.1) is 12.7 Å². The number of pyridine rings is 1. The molecule has 1 saturated heterocycles. The minimum absolute atomic E-state index is 0.0656. The summed E-state index contributed by atoms with van der Waals surface area (Å²) in [5.41, 5.74) is 0.522. The molecule has 0 bridgehead atoms. The highest BCUT2D eigenvalue weighted by Crippen LogP contribution is 2.37. The monoisotopic (exact) mass is 469 g/mol. The average molecular weight is 469 g/mol. The van der Waals surface area contributed by atoms with Gasteiger partial charge in [0.1, 0.15) is 29.5 Å². The Morgan fingerprint density at radius 1 is 1.21 bits per heavy atom. The van der Waals surface area contributed by atoms with Crippen molar-refractivity contribution < 1.29 is 22.7 Å².